The summed E-state index contributed by atoms with van der Waals surface area (Å²) in [7, 11) is 0. The molecule has 1 aliphatic rings. The van der Waals surface area contributed by atoms with Gasteiger partial charge in [0, 0.05) is 18.0 Å². The Morgan fingerprint density at radius 3 is 3.00 bits per heavy atom. The standard InChI is InChI=1S/C13H13ClN6O4/c14-9-1-2-10(19-7-16-17-18-19)8(5-9)6-15-12(21)11-3-4-24-20(11)13(22)23/h1-2,5,7,11H,3-4,6H2,(H,15,21)(H,22,23)/t11-/m0/s1. The van der Waals surface area contributed by atoms with Gasteiger partial charge in [0.2, 0.25) is 5.91 Å². The predicted molar refractivity (Wildman–Crippen MR) is 80.2 cm³/mol. The highest BCUT2D eigenvalue weighted by atomic mass is 35.5. The van der Waals surface area contributed by atoms with Crippen LogP contribution in [0, 0.1) is 0 Å². The Morgan fingerprint density at radius 1 is 1.46 bits per heavy atom. The monoisotopic (exact) mass is 352 g/mol. The zero-order valence-corrected chi connectivity index (χ0v) is 13.0. The minimum Gasteiger partial charge on any atom is -0.463 e. The summed E-state index contributed by atoms with van der Waals surface area (Å²) in [5.41, 5.74) is 1.34. The third-order valence-corrected chi connectivity index (χ3v) is 3.72. The largest absolute Gasteiger partial charge is 0.463 e. The smallest absolute Gasteiger partial charge is 0.432 e. The summed E-state index contributed by atoms with van der Waals surface area (Å²) in [5, 5.41) is 23.8. The molecule has 0 radical (unpaired) electrons. The van der Waals surface area contributed by atoms with Crippen molar-refractivity contribution in [2.45, 2.75) is 19.0 Å². The molecule has 1 aromatic heterocycles. The third-order valence-electron chi connectivity index (χ3n) is 3.49. The summed E-state index contributed by atoms with van der Waals surface area (Å²) >= 11 is 6.01. The Balaban J connectivity index is 1.74. The maximum absolute atomic E-state index is 12.2. The van der Waals surface area contributed by atoms with Crippen molar-refractivity contribution in [2.75, 3.05) is 6.61 Å². The van der Waals surface area contributed by atoms with Gasteiger partial charge >= 0.3 is 6.09 Å². The zero-order chi connectivity index (χ0) is 17.1. The summed E-state index contributed by atoms with van der Waals surface area (Å²) in [6, 6.07) is 4.21. The molecule has 0 spiro atoms. The molecule has 11 heteroatoms. The predicted octanol–water partition coefficient (Wildman–Crippen LogP) is 0.616. The van der Waals surface area contributed by atoms with Crippen LogP contribution in [-0.4, -0.2) is 55.0 Å². The van der Waals surface area contributed by atoms with Crippen molar-refractivity contribution in [2.24, 2.45) is 0 Å². The van der Waals surface area contributed by atoms with Gasteiger partial charge < -0.3 is 10.4 Å². The lowest BCUT2D eigenvalue weighted by Crippen LogP contribution is -2.44. The molecule has 2 amide bonds. The first-order valence-electron chi connectivity index (χ1n) is 7.01. The first kappa shape index (κ1) is 16.1. The fourth-order valence-electron chi connectivity index (χ4n) is 2.39. The molecule has 0 aliphatic carbocycles. The molecular weight excluding hydrogens is 340 g/mol. The summed E-state index contributed by atoms with van der Waals surface area (Å²) in [6.07, 6.45) is 0.420. The Hall–Kier alpha value is -2.72. The number of carbonyl (C=O) groups is 2. The number of benzene rings is 1. The van der Waals surface area contributed by atoms with Crippen LogP contribution in [0.5, 0.6) is 0 Å². The Labute approximate surface area is 140 Å². The molecule has 1 saturated heterocycles. The van der Waals surface area contributed by atoms with Gasteiger partial charge in [-0.2, -0.15) is 5.06 Å². The topological polar surface area (TPSA) is 122 Å². The quantitative estimate of drug-likeness (QED) is 0.826. The third kappa shape index (κ3) is 3.29. The lowest BCUT2D eigenvalue weighted by Gasteiger charge is -2.19. The van der Waals surface area contributed by atoms with Gasteiger partial charge in [-0.1, -0.05) is 11.6 Å². The highest BCUT2D eigenvalue weighted by molar-refractivity contribution is 6.30. The summed E-state index contributed by atoms with van der Waals surface area (Å²) in [5.74, 6) is -0.447. The van der Waals surface area contributed by atoms with E-state index in [-0.39, 0.29) is 13.2 Å². The van der Waals surface area contributed by atoms with Crippen molar-refractivity contribution >= 4 is 23.6 Å². The number of nitrogens with one attached hydrogen (secondary N) is 1. The van der Waals surface area contributed by atoms with Crippen LogP contribution in [0.2, 0.25) is 5.02 Å². The van der Waals surface area contributed by atoms with Crippen molar-refractivity contribution in [1.29, 1.82) is 0 Å². The fraction of sp³-hybridized carbons (Fsp3) is 0.308. The highest BCUT2D eigenvalue weighted by Crippen LogP contribution is 2.20. The van der Waals surface area contributed by atoms with Crippen LogP contribution in [0.15, 0.2) is 24.5 Å². The molecule has 0 bridgehead atoms. The van der Waals surface area contributed by atoms with Crippen LogP contribution in [0.1, 0.15) is 12.0 Å². The van der Waals surface area contributed by atoms with Gasteiger partial charge in [-0.15, -0.1) is 5.10 Å². The van der Waals surface area contributed by atoms with Crippen molar-refractivity contribution in [3.8, 4) is 5.69 Å². The van der Waals surface area contributed by atoms with Crippen molar-refractivity contribution in [3.63, 3.8) is 0 Å². The molecule has 0 unspecified atom stereocenters. The van der Waals surface area contributed by atoms with E-state index in [4.69, 9.17) is 21.5 Å². The van der Waals surface area contributed by atoms with E-state index in [1.807, 2.05) is 0 Å². The van der Waals surface area contributed by atoms with E-state index < -0.39 is 18.0 Å². The summed E-state index contributed by atoms with van der Waals surface area (Å²) < 4.78 is 1.44. The van der Waals surface area contributed by atoms with Crippen LogP contribution in [0.3, 0.4) is 0 Å². The lowest BCUT2D eigenvalue weighted by molar-refractivity contribution is -0.140. The number of hydrogen-bond acceptors (Lipinski definition) is 6. The minimum atomic E-state index is -1.30. The van der Waals surface area contributed by atoms with Crippen molar-refractivity contribution < 1.29 is 19.5 Å². The number of tetrazole rings is 1. The fourth-order valence-corrected chi connectivity index (χ4v) is 2.58. The molecule has 2 N–H and O–H groups in total. The molecule has 2 aromatic rings. The van der Waals surface area contributed by atoms with Crippen LogP contribution >= 0.6 is 11.6 Å². The molecule has 2 heterocycles. The molecule has 1 fully saturated rings. The normalized spacial score (nSPS) is 17.0. The molecule has 1 aromatic carbocycles. The molecule has 10 nitrogen and oxygen atoms in total. The first-order valence-corrected chi connectivity index (χ1v) is 7.38. The van der Waals surface area contributed by atoms with Crippen LogP contribution in [-0.2, 0) is 16.2 Å². The maximum atomic E-state index is 12.2. The van der Waals surface area contributed by atoms with Crippen molar-refractivity contribution in [1.82, 2.24) is 30.6 Å². The van der Waals surface area contributed by atoms with Gasteiger partial charge in [-0.25, -0.2) is 9.48 Å². The lowest BCUT2D eigenvalue weighted by atomic mass is 10.1. The number of amides is 2. The summed E-state index contributed by atoms with van der Waals surface area (Å²) in [4.78, 5) is 28.2. The van der Waals surface area contributed by atoms with Gasteiger partial charge in [0.25, 0.3) is 0 Å². The molecule has 0 saturated carbocycles. The number of hydrogen-bond donors (Lipinski definition) is 2. The number of nitrogens with zero attached hydrogens (tertiary/aromatic N) is 5. The number of rotatable bonds is 4. The zero-order valence-electron chi connectivity index (χ0n) is 12.3. The van der Waals surface area contributed by atoms with E-state index >= 15 is 0 Å². The van der Waals surface area contributed by atoms with E-state index in [1.54, 1.807) is 18.2 Å². The molecule has 126 valence electrons. The average molecular weight is 353 g/mol. The Bertz CT molecular complexity index is 753. The number of hydroxylamine groups is 2. The van der Waals surface area contributed by atoms with E-state index in [9.17, 15) is 9.59 Å². The minimum absolute atomic E-state index is 0.137. The Kier molecular flexibility index (Phi) is 4.58. The number of halogens is 1. The molecular formula is C13H13ClN6O4. The number of aromatic nitrogens is 4. The number of carboxylic acid groups (broad SMARTS) is 1. The number of carbonyl (C=O) groups excluding carboxylic acids is 1. The second kappa shape index (κ2) is 6.81. The molecule has 3 rings (SSSR count). The first-order chi connectivity index (χ1) is 11.6. The average Bonchev–Trinajstić information content (AvgIpc) is 3.23. The van der Waals surface area contributed by atoms with Gasteiger partial charge in [0.1, 0.15) is 12.4 Å². The van der Waals surface area contributed by atoms with E-state index in [1.165, 1.54) is 11.0 Å². The van der Waals surface area contributed by atoms with Crippen LogP contribution in [0.4, 0.5) is 4.79 Å². The van der Waals surface area contributed by atoms with E-state index in [0.717, 1.165) is 0 Å². The SMILES string of the molecule is O=C(NCc1cc(Cl)ccc1-n1cnnn1)[C@@H]1CCON1C(=O)O. The second-order valence-electron chi connectivity index (χ2n) is 4.99. The molecule has 24 heavy (non-hydrogen) atoms. The van der Waals surface area contributed by atoms with E-state index in [0.29, 0.717) is 27.8 Å². The Morgan fingerprint density at radius 2 is 2.29 bits per heavy atom. The van der Waals surface area contributed by atoms with Gasteiger partial charge in [-0.05, 0) is 34.2 Å². The molecule has 1 aliphatic heterocycles. The van der Waals surface area contributed by atoms with Gasteiger partial charge in [0.05, 0.1) is 12.3 Å². The summed E-state index contributed by atoms with van der Waals surface area (Å²) in [6.45, 7) is 0.315. The van der Waals surface area contributed by atoms with Crippen molar-refractivity contribution in [3.05, 3.63) is 35.1 Å². The molecule has 1 atom stereocenters. The van der Waals surface area contributed by atoms with Crippen LogP contribution < -0.4 is 5.32 Å². The van der Waals surface area contributed by atoms with E-state index in [2.05, 4.69) is 20.8 Å². The maximum Gasteiger partial charge on any atom is 0.432 e. The highest BCUT2D eigenvalue weighted by Gasteiger charge is 2.35. The van der Waals surface area contributed by atoms with Gasteiger partial charge in [-0.3, -0.25) is 9.63 Å². The van der Waals surface area contributed by atoms with Crippen LogP contribution in [0.25, 0.3) is 5.69 Å². The second-order valence-corrected chi connectivity index (χ2v) is 5.43. The van der Waals surface area contributed by atoms with Gasteiger partial charge in [0.15, 0.2) is 0 Å².